The first-order valence-electron chi connectivity index (χ1n) is 8.98. The minimum Gasteiger partial charge on any atom is -0.345 e. The Hall–Kier alpha value is -3.53. The van der Waals surface area contributed by atoms with Crippen LogP contribution in [0.2, 0.25) is 0 Å². The SMILES string of the molecule is Cc1cccc(C(=O)NCc2nnc(SCC(=O)c3cccc([N+](=O)[O-])c3)n2C)c1. The summed E-state index contributed by atoms with van der Waals surface area (Å²) in [5.41, 5.74) is 1.70. The van der Waals surface area contributed by atoms with E-state index in [1.165, 1.54) is 30.0 Å². The fraction of sp³-hybridized carbons (Fsp3) is 0.200. The lowest BCUT2D eigenvalue weighted by Gasteiger charge is -2.06. The number of hydrogen-bond acceptors (Lipinski definition) is 7. The Labute approximate surface area is 176 Å². The number of nitro benzene ring substituents is 1. The number of carbonyl (C=O) groups is 2. The number of thioether (sulfide) groups is 1. The molecule has 3 rings (SSSR count). The van der Waals surface area contributed by atoms with Gasteiger partial charge >= 0.3 is 0 Å². The highest BCUT2D eigenvalue weighted by atomic mass is 32.2. The zero-order chi connectivity index (χ0) is 21.7. The standard InChI is InChI=1S/C20H19N5O4S/c1-13-5-3-7-15(9-13)19(27)21-11-18-22-23-20(24(18)2)30-12-17(26)14-6-4-8-16(10-14)25(28)29/h3-10H,11-12H2,1-2H3,(H,21,27). The Bertz CT molecular complexity index is 1110. The molecule has 0 radical (unpaired) electrons. The van der Waals surface area contributed by atoms with Gasteiger partial charge in [0.15, 0.2) is 16.8 Å². The van der Waals surface area contributed by atoms with Crippen molar-refractivity contribution in [2.75, 3.05) is 5.75 Å². The molecule has 0 spiro atoms. The lowest BCUT2D eigenvalue weighted by Crippen LogP contribution is -2.24. The van der Waals surface area contributed by atoms with Crippen LogP contribution in [0.15, 0.2) is 53.7 Å². The Morgan fingerprint density at radius 2 is 1.87 bits per heavy atom. The van der Waals surface area contributed by atoms with Crippen LogP contribution in [0.4, 0.5) is 5.69 Å². The quantitative estimate of drug-likeness (QED) is 0.255. The van der Waals surface area contributed by atoms with E-state index in [2.05, 4.69) is 15.5 Å². The number of aryl methyl sites for hydroxylation is 1. The van der Waals surface area contributed by atoms with Crippen molar-refractivity contribution >= 4 is 29.1 Å². The Kier molecular flexibility index (Phi) is 6.58. The first-order valence-corrected chi connectivity index (χ1v) is 9.97. The average molecular weight is 425 g/mol. The summed E-state index contributed by atoms with van der Waals surface area (Å²) in [6.07, 6.45) is 0. The van der Waals surface area contributed by atoms with Crippen molar-refractivity contribution in [1.82, 2.24) is 20.1 Å². The predicted octanol–water partition coefficient (Wildman–Crippen LogP) is 2.94. The number of ketones is 1. The van der Waals surface area contributed by atoms with Crippen LogP contribution in [-0.4, -0.2) is 37.1 Å². The van der Waals surface area contributed by atoms with Crippen molar-refractivity contribution in [3.63, 3.8) is 0 Å². The summed E-state index contributed by atoms with van der Waals surface area (Å²) in [6, 6.07) is 12.9. The monoisotopic (exact) mass is 425 g/mol. The van der Waals surface area contributed by atoms with Gasteiger partial charge in [0.25, 0.3) is 11.6 Å². The zero-order valence-electron chi connectivity index (χ0n) is 16.4. The highest BCUT2D eigenvalue weighted by molar-refractivity contribution is 7.99. The molecule has 0 aliphatic carbocycles. The molecule has 10 heteroatoms. The number of benzene rings is 2. The van der Waals surface area contributed by atoms with Crippen molar-refractivity contribution in [1.29, 1.82) is 0 Å². The normalized spacial score (nSPS) is 10.6. The average Bonchev–Trinajstić information content (AvgIpc) is 3.09. The van der Waals surface area contributed by atoms with Crippen LogP contribution in [0.3, 0.4) is 0 Å². The Morgan fingerprint density at radius 1 is 1.13 bits per heavy atom. The third kappa shape index (κ3) is 5.09. The number of amides is 1. The van der Waals surface area contributed by atoms with Crippen LogP contribution < -0.4 is 5.32 Å². The van der Waals surface area contributed by atoms with Gasteiger partial charge in [-0.25, -0.2) is 0 Å². The fourth-order valence-corrected chi connectivity index (χ4v) is 3.50. The molecule has 154 valence electrons. The van der Waals surface area contributed by atoms with Gasteiger partial charge in [0.05, 0.1) is 17.2 Å². The molecule has 30 heavy (non-hydrogen) atoms. The first kappa shape index (κ1) is 21.2. The Balaban J connectivity index is 1.59. The molecule has 0 atom stereocenters. The summed E-state index contributed by atoms with van der Waals surface area (Å²) in [4.78, 5) is 34.9. The molecule has 0 saturated heterocycles. The van der Waals surface area contributed by atoms with Crippen LogP contribution >= 0.6 is 11.8 Å². The highest BCUT2D eigenvalue weighted by Crippen LogP contribution is 2.19. The molecule has 0 saturated carbocycles. The van der Waals surface area contributed by atoms with Gasteiger partial charge in [-0.1, -0.05) is 41.6 Å². The zero-order valence-corrected chi connectivity index (χ0v) is 17.2. The molecule has 3 aromatic rings. The number of nitrogens with zero attached hydrogens (tertiary/aromatic N) is 4. The van der Waals surface area contributed by atoms with Crippen LogP contribution in [0, 0.1) is 17.0 Å². The molecule has 1 aromatic heterocycles. The van der Waals surface area contributed by atoms with Crippen molar-refractivity contribution in [3.8, 4) is 0 Å². The number of Topliss-reactive ketones (excluding diaryl/α,β-unsaturated/α-hetero) is 1. The molecule has 9 nitrogen and oxygen atoms in total. The van der Waals surface area contributed by atoms with Gasteiger partial charge in [0.1, 0.15) is 0 Å². The van der Waals surface area contributed by atoms with E-state index in [0.29, 0.717) is 16.5 Å². The summed E-state index contributed by atoms with van der Waals surface area (Å²) in [5, 5.41) is 22.3. The molecule has 0 aliphatic heterocycles. The largest absolute Gasteiger partial charge is 0.345 e. The number of non-ortho nitro benzene ring substituents is 1. The van der Waals surface area contributed by atoms with Gasteiger partial charge in [-0.05, 0) is 19.1 Å². The third-order valence-electron chi connectivity index (χ3n) is 4.32. The maximum atomic E-state index is 12.4. The van der Waals surface area contributed by atoms with E-state index in [1.54, 1.807) is 29.8 Å². The summed E-state index contributed by atoms with van der Waals surface area (Å²) in [6.45, 7) is 2.10. The highest BCUT2D eigenvalue weighted by Gasteiger charge is 2.15. The van der Waals surface area contributed by atoms with Crippen LogP contribution in [0.5, 0.6) is 0 Å². The third-order valence-corrected chi connectivity index (χ3v) is 5.34. The van der Waals surface area contributed by atoms with Crippen molar-refractivity contribution in [2.24, 2.45) is 7.05 Å². The Morgan fingerprint density at radius 3 is 2.60 bits per heavy atom. The van der Waals surface area contributed by atoms with Crippen molar-refractivity contribution in [2.45, 2.75) is 18.6 Å². The molecule has 1 heterocycles. The maximum Gasteiger partial charge on any atom is 0.270 e. The van der Waals surface area contributed by atoms with E-state index in [0.717, 1.165) is 5.56 Å². The molecule has 0 fully saturated rings. The van der Waals surface area contributed by atoms with E-state index in [9.17, 15) is 19.7 Å². The van der Waals surface area contributed by atoms with Gasteiger partial charge < -0.3 is 9.88 Å². The van der Waals surface area contributed by atoms with Gasteiger partial charge in [0.2, 0.25) is 0 Å². The molecular weight excluding hydrogens is 406 g/mol. The maximum absolute atomic E-state index is 12.4. The molecule has 1 amide bonds. The van der Waals surface area contributed by atoms with Crippen LogP contribution in [-0.2, 0) is 13.6 Å². The number of hydrogen-bond donors (Lipinski definition) is 1. The summed E-state index contributed by atoms with van der Waals surface area (Å²) in [5.74, 6) is 0.141. The van der Waals surface area contributed by atoms with Crippen molar-refractivity contribution in [3.05, 3.63) is 81.2 Å². The number of aromatic nitrogens is 3. The second-order valence-electron chi connectivity index (χ2n) is 6.53. The number of nitrogens with one attached hydrogen (secondary N) is 1. The van der Waals surface area contributed by atoms with Crippen LogP contribution in [0.25, 0.3) is 0 Å². The number of carbonyl (C=O) groups excluding carboxylic acids is 2. The lowest BCUT2D eigenvalue weighted by atomic mass is 10.1. The van der Waals surface area contributed by atoms with Gasteiger partial charge in [0, 0.05) is 30.3 Å². The van der Waals surface area contributed by atoms with Gasteiger partial charge in [-0.2, -0.15) is 0 Å². The van der Waals surface area contributed by atoms with E-state index in [-0.39, 0.29) is 35.2 Å². The summed E-state index contributed by atoms with van der Waals surface area (Å²) in [7, 11) is 1.74. The minimum atomic E-state index is -0.538. The van der Waals surface area contributed by atoms with Gasteiger partial charge in [-0.15, -0.1) is 10.2 Å². The van der Waals surface area contributed by atoms with Gasteiger partial charge in [-0.3, -0.25) is 19.7 Å². The smallest absolute Gasteiger partial charge is 0.270 e. The molecule has 0 unspecified atom stereocenters. The number of rotatable bonds is 8. The summed E-state index contributed by atoms with van der Waals surface area (Å²) >= 11 is 1.17. The first-order chi connectivity index (χ1) is 14.3. The second-order valence-corrected chi connectivity index (χ2v) is 7.47. The lowest BCUT2D eigenvalue weighted by molar-refractivity contribution is -0.384. The molecule has 1 N–H and O–H groups in total. The predicted molar refractivity (Wildman–Crippen MR) is 112 cm³/mol. The van der Waals surface area contributed by atoms with E-state index >= 15 is 0 Å². The fourth-order valence-electron chi connectivity index (χ4n) is 2.68. The molecule has 0 aliphatic rings. The summed E-state index contributed by atoms with van der Waals surface area (Å²) < 4.78 is 1.70. The number of nitro groups is 1. The van der Waals surface area contributed by atoms with E-state index in [4.69, 9.17) is 0 Å². The molecular formula is C20H19N5O4S. The van der Waals surface area contributed by atoms with Crippen molar-refractivity contribution < 1.29 is 14.5 Å². The minimum absolute atomic E-state index is 0.0583. The molecule has 0 bridgehead atoms. The van der Waals surface area contributed by atoms with E-state index < -0.39 is 4.92 Å². The topological polar surface area (TPSA) is 120 Å². The van der Waals surface area contributed by atoms with E-state index in [1.807, 2.05) is 19.1 Å². The van der Waals surface area contributed by atoms with Crippen LogP contribution in [0.1, 0.15) is 32.1 Å². The molecule has 2 aromatic carbocycles. The second kappa shape index (κ2) is 9.31.